The summed E-state index contributed by atoms with van der Waals surface area (Å²) in [5.74, 6) is -0.300. The molecule has 1 saturated heterocycles. The topological polar surface area (TPSA) is 57.7 Å². The molecule has 1 atom stereocenters. The summed E-state index contributed by atoms with van der Waals surface area (Å²) < 4.78 is 19.3. The lowest BCUT2D eigenvalue weighted by molar-refractivity contribution is 0.102. The number of likely N-dealkylation sites (tertiary alicyclic amines) is 1. The number of hydrogen-bond donors (Lipinski definition) is 1. The second-order valence-corrected chi connectivity index (χ2v) is 7.11. The van der Waals surface area contributed by atoms with Gasteiger partial charge in [-0.05, 0) is 50.1 Å². The number of aryl methyl sites for hydroxylation is 1. The van der Waals surface area contributed by atoms with Crippen LogP contribution in [0.2, 0.25) is 0 Å². The molecule has 3 rings (SSSR count). The molecule has 6 nitrogen and oxygen atoms in total. The van der Waals surface area contributed by atoms with Crippen molar-refractivity contribution in [3.8, 4) is 0 Å². The maximum atomic E-state index is 14.2. The van der Waals surface area contributed by atoms with Gasteiger partial charge in [0.05, 0.1) is 24.2 Å². The standard InChI is InChI=1S/C21H27FN4O2/c1-4-28-21(27)25(3)18-9-10-26(14-18)13-16-6-8-19(22)20(11-16)24-17-7-5-15(2)23-12-17/h5-8,11-12,18,24H,4,9-10,13-14H2,1-3H3/t18-/m0/s1. The SMILES string of the molecule is CCOC(=O)N(C)[C@H]1CCN(Cc2ccc(F)c(Nc3ccc(C)nc3)c2)C1. The zero-order chi connectivity index (χ0) is 20.1. The molecule has 0 bridgehead atoms. The van der Waals surface area contributed by atoms with Crippen LogP contribution in [-0.4, -0.2) is 53.7 Å². The summed E-state index contributed by atoms with van der Waals surface area (Å²) in [5, 5.41) is 3.10. The van der Waals surface area contributed by atoms with Crippen molar-refractivity contribution in [3.63, 3.8) is 0 Å². The smallest absolute Gasteiger partial charge is 0.409 e. The molecule has 2 heterocycles. The number of benzene rings is 1. The van der Waals surface area contributed by atoms with Crippen molar-refractivity contribution in [3.05, 3.63) is 53.6 Å². The summed E-state index contributed by atoms with van der Waals surface area (Å²) >= 11 is 0. The molecule has 150 valence electrons. The number of aromatic nitrogens is 1. The van der Waals surface area contributed by atoms with Crippen molar-refractivity contribution in [2.24, 2.45) is 0 Å². The Labute approximate surface area is 165 Å². The van der Waals surface area contributed by atoms with Crippen LogP contribution in [-0.2, 0) is 11.3 Å². The van der Waals surface area contributed by atoms with Crippen LogP contribution >= 0.6 is 0 Å². The highest BCUT2D eigenvalue weighted by Gasteiger charge is 2.29. The number of amides is 1. The average molecular weight is 386 g/mol. The Kier molecular flexibility index (Phi) is 6.46. The third-order valence-electron chi connectivity index (χ3n) is 4.98. The van der Waals surface area contributed by atoms with Crippen LogP contribution in [0.4, 0.5) is 20.6 Å². The van der Waals surface area contributed by atoms with Gasteiger partial charge < -0.3 is 15.0 Å². The second-order valence-electron chi connectivity index (χ2n) is 7.11. The zero-order valence-corrected chi connectivity index (χ0v) is 16.6. The largest absolute Gasteiger partial charge is 0.450 e. The van der Waals surface area contributed by atoms with Gasteiger partial charge in [0.2, 0.25) is 0 Å². The van der Waals surface area contributed by atoms with Crippen LogP contribution in [0, 0.1) is 12.7 Å². The van der Waals surface area contributed by atoms with Crippen LogP contribution < -0.4 is 5.32 Å². The average Bonchev–Trinajstić information content (AvgIpc) is 3.14. The number of rotatable bonds is 6. The molecular formula is C21H27FN4O2. The van der Waals surface area contributed by atoms with Crippen molar-refractivity contribution in [2.75, 3.05) is 32.1 Å². The molecule has 1 fully saturated rings. The first-order valence-electron chi connectivity index (χ1n) is 9.56. The van der Waals surface area contributed by atoms with Gasteiger partial charge in [-0.2, -0.15) is 0 Å². The Hall–Kier alpha value is -2.67. The zero-order valence-electron chi connectivity index (χ0n) is 16.6. The molecule has 0 aliphatic carbocycles. The Balaban J connectivity index is 1.62. The van der Waals surface area contributed by atoms with E-state index in [0.717, 1.165) is 36.5 Å². The number of ether oxygens (including phenoxy) is 1. The van der Waals surface area contributed by atoms with Crippen LogP contribution in [0.25, 0.3) is 0 Å². The number of nitrogens with zero attached hydrogens (tertiary/aromatic N) is 3. The first-order chi connectivity index (χ1) is 13.5. The molecular weight excluding hydrogens is 359 g/mol. The monoisotopic (exact) mass is 386 g/mol. The Morgan fingerprint density at radius 2 is 2.21 bits per heavy atom. The molecule has 0 spiro atoms. The number of nitrogens with one attached hydrogen (secondary N) is 1. The minimum Gasteiger partial charge on any atom is -0.450 e. The lowest BCUT2D eigenvalue weighted by atomic mass is 10.1. The maximum absolute atomic E-state index is 14.2. The molecule has 1 aromatic carbocycles. The van der Waals surface area contributed by atoms with E-state index in [0.29, 0.717) is 18.8 Å². The van der Waals surface area contributed by atoms with E-state index < -0.39 is 0 Å². The lowest BCUT2D eigenvalue weighted by Gasteiger charge is -2.24. The first kappa shape index (κ1) is 20.1. The van der Waals surface area contributed by atoms with E-state index >= 15 is 0 Å². The van der Waals surface area contributed by atoms with Crippen molar-refractivity contribution < 1.29 is 13.9 Å². The van der Waals surface area contributed by atoms with Gasteiger partial charge in [-0.3, -0.25) is 9.88 Å². The fraction of sp³-hybridized carbons (Fsp3) is 0.429. The highest BCUT2D eigenvalue weighted by atomic mass is 19.1. The fourth-order valence-electron chi connectivity index (χ4n) is 3.37. The van der Waals surface area contributed by atoms with Gasteiger partial charge in [0.25, 0.3) is 0 Å². The van der Waals surface area contributed by atoms with E-state index in [9.17, 15) is 9.18 Å². The van der Waals surface area contributed by atoms with Crippen LogP contribution in [0.5, 0.6) is 0 Å². The van der Waals surface area contributed by atoms with Gasteiger partial charge in [0.1, 0.15) is 5.82 Å². The van der Waals surface area contributed by atoms with E-state index in [1.54, 1.807) is 31.1 Å². The molecule has 0 radical (unpaired) electrons. The number of pyridine rings is 1. The predicted octanol–water partition coefficient (Wildman–Crippen LogP) is 3.94. The van der Waals surface area contributed by atoms with Crippen molar-refractivity contribution in [1.29, 1.82) is 0 Å². The van der Waals surface area contributed by atoms with Gasteiger partial charge in [0.15, 0.2) is 0 Å². The van der Waals surface area contributed by atoms with Gasteiger partial charge >= 0.3 is 6.09 Å². The predicted molar refractivity (Wildman–Crippen MR) is 107 cm³/mol. The van der Waals surface area contributed by atoms with Crippen LogP contribution in [0.15, 0.2) is 36.5 Å². The highest BCUT2D eigenvalue weighted by molar-refractivity contribution is 5.67. The van der Waals surface area contributed by atoms with E-state index in [1.807, 2.05) is 25.1 Å². The van der Waals surface area contributed by atoms with Gasteiger partial charge in [-0.15, -0.1) is 0 Å². The van der Waals surface area contributed by atoms with Crippen molar-refractivity contribution >= 4 is 17.5 Å². The van der Waals surface area contributed by atoms with E-state index in [4.69, 9.17) is 4.74 Å². The normalized spacial score (nSPS) is 16.8. The molecule has 0 unspecified atom stereocenters. The quantitative estimate of drug-likeness (QED) is 0.815. The molecule has 7 heteroatoms. The third-order valence-corrected chi connectivity index (χ3v) is 4.98. The molecule has 1 amide bonds. The number of carbonyl (C=O) groups excluding carboxylic acids is 1. The number of hydrogen-bond acceptors (Lipinski definition) is 5. The highest BCUT2D eigenvalue weighted by Crippen LogP contribution is 2.24. The maximum Gasteiger partial charge on any atom is 0.409 e. The number of likely N-dealkylation sites (N-methyl/N-ethyl adjacent to an activating group) is 1. The van der Waals surface area contributed by atoms with Gasteiger partial charge in [-0.1, -0.05) is 6.07 Å². The Morgan fingerprint density at radius 3 is 2.93 bits per heavy atom. The third kappa shape index (κ3) is 4.98. The Bertz CT molecular complexity index is 813. The lowest BCUT2D eigenvalue weighted by Crippen LogP contribution is -2.39. The fourth-order valence-corrected chi connectivity index (χ4v) is 3.37. The number of anilines is 2. The second kappa shape index (κ2) is 9.01. The van der Waals surface area contributed by atoms with Crippen molar-refractivity contribution in [1.82, 2.24) is 14.8 Å². The van der Waals surface area contributed by atoms with Gasteiger partial charge in [0, 0.05) is 38.4 Å². The summed E-state index contributed by atoms with van der Waals surface area (Å²) in [5.41, 5.74) is 3.11. The summed E-state index contributed by atoms with van der Waals surface area (Å²) in [6.45, 7) is 6.46. The van der Waals surface area contributed by atoms with Crippen LogP contribution in [0.3, 0.4) is 0 Å². The molecule has 0 saturated carbocycles. The number of carbonyl (C=O) groups is 1. The summed E-state index contributed by atoms with van der Waals surface area (Å²) in [6, 6.07) is 9.01. The molecule has 1 aromatic heterocycles. The summed E-state index contributed by atoms with van der Waals surface area (Å²) in [4.78, 5) is 20.1. The van der Waals surface area contributed by atoms with E-state index in [1.165, 1.54) is 6.07 Å². The number of halogens is 1. The molecule has 28 heavy (non-hydrogen) atoms. The molecule has 2 aromatic rings. The molecule has 1 N–H and O–H groups in total. The van der Waals surface area contributed by atoms with E-state index in [2.05, 4.69) is 15.2 Å². The minimum atomic E-state index is -0.300. The summed E-state index contributed by atoms with van der Waals surface area (Å²) in [7, 11) is 1.78. The minimum absolute atomic E-state index is 0.135. The summed E-state index contributed by atoms with van der Waals surface area (Å²) in [6.07, 6.45) is 2.31. The first-order valence-corrected chi connectivity index (χ1v) is 9.56. The van der Waals surface area contributed by atoms with Crippen molar-refractivity contribution in [2.45, 2.75) is 32.9 Å². The Morgan fingerprint density at radius 1 is 1.39 bits per heavy atom. The van der Waals surface area contributed by atoms with Gasteiger partial charge in [-0.25, -0.2) is 9.18 Å². The van der Waals surface area contributed by atoms with E-state index in [-0.39, 0.29) is 18.0 Å². The van der Waals surface area contributed by atoms with Crippen LogP contribution in [0.1, 0.15) is 24.6 Å². The molecule has 1 aliphatic heterocycles. The molecule has 1 aliphatic rings.